The van der Waals surface area contributed by atoms with Crippen molar-refractivity contribution in [3.63, 3.8) is 0 Å². The van der Waals surface area contributed by atoms with Gasteiger partial charge in [0, 0.05) is 6.20 Å². The number of hydrogen-bond donors (Lipinski definition) is 1. The Labute approximate surface area is 116 Å². The summed E-state index contributed by atoms with van der Waals surface area (Å²) in [6.45, 7) is 0. The molecule has 1 aliphatic rings. The van der Waals surface area contributed by atoms with E-state index in [-0.39, 0.29) is 11.1 Å². The van der Waals surface area contributed by atoms with Gasteiger partial charge in [0.2, 0.25) is 0 Å². The summed E-state index contributed by atoms with van der Waals surface area (Å²) in [5, 5.41) is 0.333. The number of carbonyl (C=O) groups excluding carboxylic acids is 3. The first-order valence-electron chi connectivity index (χ1n) is 5.82. The number of nitrogens with zero attached hydrogens (tertiary/aromatic N) is 2. The minimum absolute atomic E-state index is 0.135. The van der Waals surface area contributed by atoms with E-state index in [4.69, 9.17) is 4.84 Å². The average molecular weight is 285 g/mol. The van der Waals surface area contributed by atoms with E-state index in [0.717, 1.165) is 12.5 Å². The van der Waals surface area contributed by atoms with Crippen LogP contribution in [0.25, 0.3) is 0 Å². The lowest BCUT2D eigenvalue weighted by Gasteiger charge is -2.11. The van der Waals surface area contributed by atoms with Gasteiger partial charge in [-0.25, -0.2) is 9.78 Å². The monoisotopic (exact) mass is 285 g/mol. The molecule has 0 saturated heterocycles. The van der Waals surface area contributed by atoms with E-state index < -0.39 is 28.9 Å². The van der Waals surface area contributed by atoms with Gasteiger partial charge in [0.05, 0.1) is 17.5 Å². The fourth-order valence-corrected chi connectivity index (χ4v) is 1.87. The molecule has 0 spiro atoms. The van der Waals surface area contributed by atoms with Crippen LogP contribution >= 0.6 is 0 Å². The zero-order valence-electron chi connectivity index (χ0n) is 10.4. The van der Waals surface area contributed by atoms with Crippen LogP contribution in [-0.4, -0.2) is 32.8 Å². The Morgan fingerprint density at radius 2 is 1.71 bits per heavy atom. The maximum Gasteiger partial charge on any atom is 0.371 e. The molecule has 1 aromatic heterocycles. The quantitative estimate of drug-likeness (QED) is 0.786. The van der Waals surface area contributed by atoms with Gasteiger partial charge in [0.1, 0.15) is 5.56 Å². The zero-order chi connectivity index (χ0) is 15.0. The number of carbonyl (C=O) groups is 3. The number of amides is 2. The second kappa shape index (κ2) is 4.67. The van der Waals surface area contributed by atoms with Gasteiger partial charge in [-0.3, -0.25) is 14.4 Å². The summed E-state index contributed by atoms with van der Waals surface area (Å²) >= 11 is 0. The number of hydrogen-bond acceptors (Lipinski definition) is 6. The third kappa shape index (κ3) is 1.98. The van der Waals surface area contributed by atoms with Crippen molar-refractivity contribution in [2.45, 2.75) is 0 Å². The summed E-state index contributed by atoms with van der Waals surface area (Å²) < 4.78 is 0. The highest BCUT2D eigenvalue weighted by atomic mass is 16.7. The highest BCUT2D eigenvalue weighted by Crippen LogP contribution is 2.22. The predicted molar refractivity (Wildman–Crippen MR) is 67.2 cm³/mol. The van der Waals surface area contributed by atoms with Crippen molar-refractivity contribution >= 4 is 17.8 Å². The molecule has 8 nitrogen and oxygen atoms in total. The molecular formula is C13H7N3O5. The van der Waals surface area contributed by atoms with E-state index in [1.54, 1.807) is 12.1 Å². The highest BCUT2D eigenvalue weighted by molar-refractivity contribution is 6.21. The van der Waals surface area contributed by atoms with Crippen LogP contribution < -0.4 is 5.56 Å². The number of rotatable bonds is 2. The molecule has 0 atom stereocenters. The molecule has 21 heavy (non-hydrogen) atoms. The third-order valence-electron chi connectivity index (χ3n) is 2.87. The predicted octanol–water partition coefficient (Wildman–Crippen LogP) is 0.138. The summed E-state index contributed by atoms with van der Waals surface area (Å²) in [4.78, 5) is 57.7. The van der Waals surface area contributed by atoms with Gasteiger partial charge in [-0.15, -0.1) is 0 Å². The number of aromatic amines is 1. The summed E-state index contributed by atoms with van der Waals surface area (Å²) in [5.41, 5.74) is -0.869. The summed E-state index contributed by atoms with van der Waals surface area (Å²) in [6.07, 6.45) is 2.08. The first-order chi connectivity index (χ1) is 10.1. The van der Waals surface area contributed by atoms with E-state index in [2.05, 4.69) is 9.97 Å². The van der Waals surface area contributed by atoms with E-state index >= 15 is 0 Å². The molecule has 0 fully saturated rings. The molecule has 0 saturated carbocycles. The molecular weight excluding hydrogens is 278 g/mol. The fourth-order valence-electron chi connectivity index (χ4n) is 1.87. The van der Waals surface area contributed by atoms with Crippen molar-refractivity contribution in [1.29, 1.82) is 0 Å². The average Bonchev–Trinajstić information content (AvgIpc) is 2.73. The molecule has 1 aromatic carbocycles. The van der Waals surface area contributed by atoms with E-state index in [1.807, 2.05) is 0 Å². The summed E-state index contributed by atoms with van der Waals surface area (Å²) in [5.74, 6) is -2.66. The van der Waals surface area contributed by atoms with Crippen LogP contribution in [0, 0.1) is 0 Å². The third-order valence-corrected chi connectivity index (χ3v) is 2.87. The SMILES string of the molecule is O=C(ON1C(=O)c2ccccc2C1=O)c1cnc[nH]c1=O. The standard InChI is InChI=1S/C13H7N3O5/c17-10-9(5-14-6-15-10)13(20)21-16-11(18)7-3-1-2-4-8(7)12(16)19/h1-6H,(H,14,15,17). The van der Waals surface area contributed by atoms with Gasteiger partial charge in [0.25, 0.3) is 17.4 Å². The molecule has 2 amide bonds. The molecule has 104 valence electrons. The van der Waals surface area contributed by atoms with Crippen LogP contribution in [0.15, 0.2) is 41.6 Å². The van der Waals surface area contributed by atoms with Crippen molar-refractivity contribution in [2.24, 2.45) is 0 Å². The minimum atomic E-state index is -1.14. The molecule has 0 aliphatic carbocycles. The zero-order valence-corrected chi connectivity index (χ0v) is 10.4. The molecule has 0 unspecified atom stereocenters. The van der Waals surface area contributed by atoms with Gasteiger partial charge in [0.15, 0.2) is 0 Å². The summed E-state index contributed by atoms with van der Waals surface area (Å²) in [6, 6.07) is 6.06. The second-order valence-corrected chi connectivity index (χ2v) is 4.12. The first-order valence-corrected chi connectivity index (χ1v) is 5.82. The van der Waals surface area contributed by atoms with Crippen LogP contribution in [0.1, 0.15) is 31.1 Å². The Hall–Kier alpha value is -3.29. The smallest absolute Gasteiger partial charge is 0.324 e. The maximum atomic E-state index is 12.0. The molecule has 1 N–H and O–H groups in total. The number of H-pyrrole nitrogens is 1. The number of nitrogens with one attached hydrogen (secondary N) is 1. The number of benzene rings is 1. The Kier molecular flexibility index (Phi) is 2.83. The first kappa shape index (κ1) is 12.7. The topological polar surface area (TPSA) is 109 Å². The van der Waals surface area contributed by atoms with Gasteiger partial charge in [-0.2, -0.15) is 0 Å². The number of fused-ring (bicyclic) bond motifs is 1. The largest absolute Gasteiger partial charge is 0.371 e. The Morgan fingerprint density at radius 1 is 1.10 bits per heavy atom. The fraction of sp³-hybridized carbons (Fsp3) is 0. The van der Waals surface area contributed by atoms with Gasteiger partial charge in [-0.1, -0.05) is 17.2 Å². The Bertz CT molecular complexity index is 791. The number of hydroxylamine groups is 2. The van der Waals surface area contributed by atoms with Crippen LogP contribution in [0.5, 0.6) is 0 Å². The van der Waals surface area contributed by atoms with E-state index in [0.29, 0.717) is 5.06 Å². The van der Waals surface area contributed by atoms with Crippen LogP contribution in [0.2, 0.25) is 0 Å². The maximum absolute atomic E-state index is 12.0. The van der Waals surface area contributed by atoms with Crippen LogP contribution in [-0.2, 0) is 4.84 Å². The van der Waals surface area contributed by atoms with Crippen molar-refractivity contribution < 1.29 is 19.2 Å². The lowest BCUT2D eigenvalue weighted by Crippen LogP contribution is -2.34. The van der Waals surface area contributed by atoms with Gasteiger partial charge < -0.3 is 9.82 Å². The normalized spacial score (nSPS) is 13.2. The van der Waals surface area contributed by atoms with Crippen molar-refractivity contribution in [3.05, 3.63) is 63.8 Å². The molecule has 2 heterocycles. The Balaban J connectivity index is 1.89. The number of aromatic nitrogens is 2. The number of imide groups is 1. The molecule has 0 bridgehead atoms. The second-order valence-electron chi connectivity index (χ2n) is 4.12. The molecule has 2 aromatic rings. The van der Waals surface area contributed by atoms with Crippen molar-refractivity contribution in [1.82, 2.24) is 15.0 Å². The van der Waals surface area contributed by atoms with Crippen LogP contribution in [0.4, 0.5) is 0 Å². The van der Waals surface area contributed by atoms with E-state index in [9.17, 15) is 19.2 Å². The highest BCUT2D eigenvalue weighted by Gasteiger charge is 2.39. The van der Waals surface area contributed by atoms with Crippen molar-refractivity contribution in [2.75, 3.05) is 0 Å². The van der Waals surface area contributed by atoms with E-state index in [1.165, 1.54) is 12.1 Å². The van der Waals surface area contributed by atoms with Crippen molar-refractivity contribution in [3.8, 4) is 0 Å². The lowest BCUT2D eigenvalue weighted by atomic mass is 10.1. The Morgan fingerprint density at radius 3 is 2.29 bits per heavy atom. The molecule has 3 rings (SSSR count). The summed E-state index contributed by atoms with van der Waals surface area (Å²) in [7, 11) is 0. The molecule has 0 radical (unpaired) electrons. The van der Waals surface area contributed by atoms with Crippen LogP contribution in [0.3, 0.4) is 0 Å². The minimum Gasteiger partial charge on any atom is -0.324 e. The lowest BCUT2D eigenvalue weighted by molar-refractivity contribution is -0.0586. The molecule has 1 aliphatic heterocycles. The van der Waals surface area contributed by atoms with Gasteiger partial charge in [-0.05, 0) is 12.1 Å². The molecule has 8 heteroatoms. The van der Waals surface area contributed by atoms with Gasteiger partial charge >= 0.3 is 5.97 Å².